The maximum Gasteiger partial charge on any atom is 0.131 e. The van der Waals surface area contributed by atoms with Crippen LogP contribution in [0.25, 0.3) is 40.7 Å². The maximum atomic E-state index is 9.18. The van der Waals surface area contributed by atoms with E-state index < -0.39 is 0 Å². The van der Waals surface area contributed by atoms with Crippen LogP contribution in [-0.2, 0) is 5.41 Å². The van der Waals surface area contributed by atoms with Gasteiger partial charge in [-0.3, -0.25) is 0 Å². The van der Waals surface area contributed by atoms with E-state index in [1.54, 1.807) is 34.8 Å². The third kappa shape index (κ3) is 2.94. The van der Waals surface area contributed by atoms with E-state index >= 15 is 0 Å². The molecule has 162 valence electrons. The van der Waals surface area contributed by atoms with E-state index in [9.17, 15) is 21.0 Å². The van der Waals surface area contributed by atoms with Gasteiger partial charge in [0.05, 0.1) is 19.2 Å². The van der Waals surface area contributed by atoms with Crippen molar-refractivity contribution in [2.45, 2.75) is 37.5 Å². The van der Waals surface area contributed by atoms with E-state index in [1.165, 1.54) is 58.9 Å². The SMILES string of the molecule is N#CC(C#N)=Cc1cc2sc3c(c2s1)C1(CCCCC1)c1c-3sc2cc(C=C(C#N)C#N)sc12. The number of rotatable bonds is 2. The van der Waals surface area contributed by atoms with Crippen LogP contribution in [0.5, 0.6) is 0 Å². The van der Waals surface area contributed by atoms with Gasteiger partial charge >= 0.3 is 0 Å². The lowest BCUT2D eigenvalue weighted by Crippen LogP contribution is -2.27. The Kier molecular flexibility index (Phi) is 4.96. The first kappa shape index (κ1) is 21.3. The van der Waals surface area contributed by atoms with Gasteiger partial charge in [-0.05, 0) is 37.1 Å². The fraction of sp³-hybridized carbons (Fsp3) is 0.231. The molecule has 0 radical (unpaired) electrons. The summed E-state index contributed by atoms with van der Waals surface area (Å²) in [5.74, 6) is 0. The summed E-state index contributed by atoms with van der Waals surface area (Å²) in [5.41, 5.74) is 3.17. The van der Waals surface area contributed by atoms with Crippen LogP contribution in [0.4, 0.5) is 0 Å². The second kappa shape index (κ2) is 7.92. The Morgan fingerprint density at radius 3 is 1.53 bits per heavy atom. The van der Waals surface area contributed by atoms with Gasteiger partial charge in [-0.25, -0.2) is 0 Å². The molecule has 4 aromatic rings. The largest absolute Gasteiger partial charge is 0.192 e. The highest BCUT2D eigenvalue weighted by atomic mass is 32.1. The molecular formula is C26H14N4S4. The molecule has 0 aromatic carbocycles. The first-order valence-electron chi connectivity index (χ1n) is 10.8. The zero-order valence-electron chi connectivity index (χ0n) is 17.8. The Hall–Kier alpha value is -3.24. The molecule has 8 heteroatoms. The van der Waals surface area contributed by atoms with Crippen molar-refractivity contribution in [1.82, 2.24) is 0 Å². The maximum absolute atomic E-state index is 9.18. The molecule has 2 aliphatic rings. The molecule has 0 unspecified atom stereocenters. The Morgan fingerprint density at radius 1 is 0.676 bits per heavy atom. The molecule has 4 nitrogen and oxygen atoms in total. The molecule has 2 aliphatic carbocycles. The van der Waals surface area contributed by atoms with Crippen molar-refractivity contribution in [2.75, 3.05) is 0 Å². The lowest BCUT2D eigenvalue weighted by molar-refractivity contribution is 0.358. The molecule has 1 fully saturated rings. The fourth-order valence-corrected chi connectivity index (χ4v) is 11.1. The van der Waals surface area contributed by atoms with Crippen molar-refractivity contribution in [3.63, 3.8) is 0 Å². The van der Waals surface area contributed by atoms with Crippen LogP contribution in [0.2, 0.25) is 0 Å². The standard InChI is InChI=1S/C26H14N4S4/c27-10-14(11-28)6-16-8-18-22(31-16)20-24(33-18)25-21(26(20)4-2-1-3-5-26)23-19(34-25)9-17(32-23)7-15(12-29)13-30/h6-9H,1-5H2. The number of hydrogen-bond acceptors (Lipinski definition) is 8. The zero-order chi connectivity index (χ0) is 23.4. The molecule has 34 heavy (non-hydrogen) atoms. The van der Waals surface area contributed by atoms with Gasteiger partial charge in [0.2, 0.25) is 0 Å². The van der Waals surface area contributed by atoms with Gasteiger partial charge in [-0.1, -0.05) is 19.3 Å². The molecule has 0 saturated heterocycles. The highest BCUT2D eigenvalue weighted by Crippen LogP contribution is 2.66. The summed E-state index contributed by atoms with van der Waals surface area (Å²) < 4.78 is 5.07. The average molecular weight is 511 g/mol. The van der Waals surface area contributed by atoms with Crippen LogP contribution in [0.3, 0.4) is 0 Å². The van der Waals surface area contributed by atoms with Gasteiger partial charge in [0.25, 0.3) is 0 Å². The van der Waals surface area contributed by atoms with Gasteiger partial charge in [0, 0.05) is 35.7 Å². The summed E-state index contributed by atoms with van der Waals surface area (Å²) >= 11 is 7.05. The Balaban J connectivity index is 1.57. The van der Waals surface area contributed by atoms with Gasteiger partial charge < -0.3 is 0 Å². The van der Waals surface area contributed by atoms with Crippen molar-refractivity contribution in [3.05, 3.63) is 44.2 Å². The molecule has 4 heterocycles. The van der Waals surface area contributed by atoms with Crippen LogP contribution in [0.15, 0.2) is 23.3 Å². The first-order valence-corrected chi connectivity index (χ1v) is 14.1. The van der Waals surface area contributed by atoms with Gasteiger partial charge in [-0.2, -0.15) is 21.0 Å². The minimum absolute atomic E-state index is 0.00232. The number of nitrogens with zero attached hydrogens (tertiary/aromatic N) is 4. The zero-order valence-corrected chi connectivity index (χ0v) is 21.0. The van der Waals surface area contributed by atoms with Crippen LogP contribution in [0.1, 0.15) is 53.0 Å². The van der Waals surface area contributed by atoms with E-state index in [0.29, 0.717) is 0 Å². The van der Waals surface area contributed by atoms with E-state index in [2.05, 4.69) is 12.1 Å². The van der Waals surface area contributed by atoms with E-state index in [0.717, 1.165) is 22.6 Å². The van der Waals surface area contributed by atoms with Crippen molar-refractivity contribution in [1.29, 1.82) is 21.0 Å². The summed E-state index contributed by atoms with van der Waals surface area (Å²) in [6, 6.07) is 12.1. The normalized spacial score (nSPS) is 15.2. The molecule has 4 aromatic heterocycles. The van der Waals surface area contributed by atoms with Gasteiger partial charge in [-0.15, -0.1) is 45.3 Å². The van der Waals surface area contributed by atoms with E-state index in [4.69, 9.17) is 0 Å². The van der Waals surface area contributed by atoms with Gasteiger partial charge in [0.1, 0.15) is 35.4 Å². The molecule has 1 spiro atoms. The first-order chi connectivity index (χ1) is 16.6. The van der Waals surface area contributed by atoms with Crippen LogP contribution < -0.4 is 0 Å². The molecular weight excluding hydrogens is 497 g/mol. The lowest BCUT2D eigenvalue weighted by atomic mass is 9.68. The Labute approximate surface area is 212 Å². The molecule has 1 saturated carbocycles. The molecule has 0 amide bonds. The summed E-state index contributed by atoms with van der Waals surface area (Å²) in [7, 11) is 0. The van der Waals surface area contributed by atoms with Crippen LogP contribution in [-0.4, -0.2) is 0 Å². The van der Waals surface area contributed by atoms with Crippen molar-refractivity contribution < 1.29 is 0 Å². The number of allylic oxidation sites excluding steroid dienone is 2. The molecule has 0 atom stereocenters. The molecule has 6 rings (SSSR count). The number of fused-ring (bicyclic) bond motifs is 9. The Bertz CT molecular complexity index is 1580. The summed E-state index contributed by atoms with van der Waals surface area (Å²) in [4.78, 5) is 4.68. The summed E-state index contributed by atoms with van der Waals surface area (Å²) in [5, 5.41) is 36.7. The van der Waals surface area contributed by atoms with Crippen molar-refractivity contribution in [2.24, 2.45) is 0 Å². The molecule has 0 aliphatic heterocycles. The van der Waals surface area contributed by atoms with Crippen LogP contribution >= 0.6 is 45.3 Å². The third-order valence-electron chi connectivity index (χ3n) is 6.69. The monoisotopic (exact) mass is 510 g/mol. The van der Waals surface area contributed by atoms with Crippen molar-refractivity contribution in [3.8, 4) is 34.0 Å². The minimum Gasteiger partial charge on any atom is -0.192 e. The van der Waals surface area contributed by atoms with Crippen LogP contribution in [0, 0.1) is 45.3 Å². The highest BCUT2D eigenvalue weighted by molar-refractivity contribution is 7.35. The average Bonchev–Trinajstić information content (AvgIpc) is 3.61. The summed E-state index contributed by atoms with van der Waals surface area (Å²) in [6.07, 6.45) is 9.29. The number of hydrogen-bond donors (Lipinski definition) is 0. The van der Waals surface area contributed by atoms with Gasteiger partial charge in [0.15, 0.2) is 0 Å². The topological polar surface area (TPSA) is 95.2 Å². The number of thiophene rings is 4. The molecule has 0 bridgehead atoms. The quantitative estimate of drug-likeness (QED) is 0.253. The highest BCUT2D eigenvalue weighted by Gasteiger charge is 2.49. The third-order valence-corrected chi connectivity index (χ3v) is 11.6. The van der Waals surface area contributed by atoms with Crippen molar-refractivity contribution >= 4 is 76.3 Å². The van der Waals surface area contributed by atoms with E-state index in [-0.39, 0.29) is 16.6 Å². The van der Waals surface area contributed by atoms with E-state index in [1.807, 2.05) is 47.0 Å². The fourth-order valence-electron chi connectivity index (χ4n) is 5.39. The minimum atomic E-state index is -0.00232. The predicted octanol–water partition coefficient (Wildman–Crippen LogP) is 8.33. The lowest BCUT2D eigenvalue weighted by Gasteiger charge is -2.35. The smallest absolute Gasteiger partial charge is 0.131 e. The molecule has 0 N–H and O–H groups in total. The summed E-state index contributed by atoms with van der Waals surface area (Å²) in [6.45, 7) is 0. The predicted molar refractivity (Wildman–Crippen MR) is 141 cm³/mol. The second-order valence-corrected chi connectivity index (χ2v) is 12.8. The Morgan fingerprint density at radius 2 is 1.12 bits per heavy atom. The number of nitriles is 4. The second-order valence-electron chi connectivity index (χ2n) is 8.50.